The maximum Gasteiger partial charge on any atom is 0.220 e. The average molecular weight is 428 g/mol. The van der Waals surface area contributed by atoms with E-state index < -0.39 is 6.10 Å². The summed E-state index contributed by atoms with van der Waals surface area (Å²) < 4.78 is 16.1. The SMILES string of the molecule is COc1ccc(OCCCC(=O)NCC(O)COc2cccc(Cl)c2Cl)cc1. The number of halogens is 2. The number of hydrogen-bond acceptors (Lipinski definition) is 5. The molecule has 8 heteroatoms. The topological polar surface area (TPSA) is 77.0 Å². The van der Waals surface area contributed by atoms with Crippen molar-refractivity contribution in [2.45, 2.75) is 18.9 Å². The van der Waals surface area contributed by atoms with Crippen LogP contribution in [0.3, 0.4) is 0 Å². The van der Waals surface area contributed by atoms with Gasteiger partial charge in [0.05, 0.1) is 18.7 Å². The summed E-state index contributed by atoms with van der Waals surface area (Å²) in [6, 6.07) is 12.2. The van der Waals surface area contributed by atoms with Crippen molar-refractivity contribution >= 4 is 29.1 Å². The molecule has 28 heavy (non-hydrogen) atoms. The number of rotatable bonds is 11. The van der Waals surface area contributed by atoms with Crippen LogP contribution >= 0.6 is 23.2 Å². The fourth-order valence-electron chi connectivity index (χ4n) is 2.26. The number of aliphatic hydroxyl groups is 1. The molecule has 2 aromatic carbocycles. The maximum absolute atomic E-state index is 11.8. The summed E-state index contributed by atoms with van der Waals surface area (Å²) in [6.45, 7) is 0.482. The van der Waals surface area contributed by atoms with E-state index in [1.165, 1.54) is 0 Å². The molecule has 0 aliphatic carbocycles. The summed E-state index contributed by atoms with van der Waals surface area (Å²) in [5.74, 6) is 1.69. The third-order valence-corrected chi connectivity index (χ3v) is 4.56. The zero-order valence-electron chi connectivity index (χ0n) is 15.5. The second-order valence-corrected chi connectivity index (χ2v) is 6.73. The second-order valence-electron chi connectivity index (χ2n) is 5.95. The van der Waals surface area contributed by atoms with Crippen molar-refractivity contribution in [2.24, 2.45) is 0 Å². The monoisotopic (exact) mass is 427 g/mol. The van der Waals surface area contributed by atoms with Gasteiger partial charge in [-0.3, -0.25) is 4.79 Å². The van der Waals surface area contributed by atoms with Gasteiger partial charge in [-0.2, -0.15) is 0 Å². The summed E-state index contributed by atoms with van der Waals surface area (Å²) in [4.78, 5) is 11.8. The minimum Gasteiger partial charge on any atom is -0.497 e. The lowest BCUT2D eigenvalue weighted by atomic mass is 10.3. The lowest BCUT2D eigenvalue weighted by molar-refractivity contribution is -0.121. The van der Waals surface area contributed by atoms with Gasteiger partial charge in [-0.1, -0.05) is 29.3 Å². The molecule has 1 unspecified atom stereocenters. The van der Waals surface area contributed by atoms with Crippen LogP contribution in [0.25, 0.3) is 0 Å². The molecular formula is C20H23Cl2NO5. The fraction of sp³-hybridized carbons (Fsp3) is 0.350. The largest absolute Gasteiger partial charge is 0.497 e. The molecule has 0 saturated carbocycles. The summed E-state index contributed by atoms with van der Waals surface area (Å²) in [5.41, 5.74) is 0. The highest BCUT2D eigenvalue weighted by molar-refractivity contribution is 6.42. The Balaban J connectivity index is 1.59. The van der Waals surface area contributed by atoms with E-state index in [0.717, 1.165) is 5.75 Å². The molecule has 0 bridgehead atoms. The van der Waals surface area contributed by atoms with E-state index in [1.807, 2.05) is 12.1 Å². The number of methoxy groups -OCH3 is 1. The number of carbonyl (C=O) groups is 1. The number of nitrogens with one attached hydrogen (secondary N) is 1. The van der Waals surface area contributed by atoms with Crippen LogP contribution in [0, 0.1) is 0 Å². The Kier molecular flexibility index (Phi) is 9.20. The van der Waals surface area contributed by atoms with Gasteiger partial charge < -0.3 is 24.6 Å². The van der Waals surface area contributed by atoms with Gasteiger partial charge in [0.25, 0.3) is 0 Å². The van der Waals surface area contributed by atoms with Crippen molar-refractivity contribution in [1.29, 1.82) is 0 Å². The molecule has 2 rings (SSSR count). The van der Waals surface area contributed by atoms with E-state index in [2.05, 4.69) is 5.32 Å². The molecule has 0 aliphatic heterocycles. The van der Waals surface area contributed by atoms with Crippen molar-refractivity contribution in [3.8, 4) is 17.2 Å². The molecule has 2 N–H and O–H groups in total. The van der Waals surface area contributed by atoms with Crippen molar-refractivity contribution in [1.82, 2.24) is 5.32 Å². The van der Waals surface area contributed by atoms with Crippen LogP contribution < -0.4 is 19.5 Å². The van der Waals surface area contributed by atoms with Crippen LogP contribution in [0.4, 0.5) is 0 Å². The number of ether oxygens (including phenoxy) is 3. The first-order chi connectivity index (χ1) is 13.5. The van der Waals surface area contributed by atoms with Gasteiger partial charge in [0.2, 0.25) is 5.91 Å². The van der Waals surface area contributed by atoms with Gasteiger partial charge in [0, 0.05) is 13.0 Å². The van der Waals surface area contributed by atoms with Crippen molar-refractivity contribution in [3.63, 3.8) is 0 Å². The van der Waals surface area contributed by atoms with Crippen LogP contribution in [-0.2, 0) is 4.79 Å². The average Bonchev–Trinajstić information content (AvgIpc) is 2.71. The Hall–Kier alpha value is -2.15. The molecule has 1 atom stereocenters. The van der Waals surface area contributed by atoms with Crippen molar-refractivity contribution in [2.75, 3.05) is 26.9 Å². The van der Waals surface area contributed by atoms with E-state index in [9.17, 15) is 9.90 Å². The van der Waals surface area contributed by atoms with E-state index in [-0.39, 0.29) is 24.1 Å². The molecule has 152 valence electrons. The number of aliphatic hydroxyl groups excluding tert-OH is 1. The number of hydrogen-bond donors (Lipinski definition) is 2. The molecule has 2 aromatic rings. The highest BCUT2D eigenvalue weighted by atomic mass is 35.5. The van der Waals surface area contributed by atoms with Gasteiger partial charge in [-0.25, -0.2) is 0 Å². The Morgan fingerprint density at radius 3 is 2.54 bits per heavy atom. The number of carbonyl (C=O) groups excluding carboxylic acids is 1. The van der Waals surface area contributed by atoms with Gasteiger partial charge >= 0.3 is 0 Å². The lowest BCUT2D eigenvalue weighted by Crippen LogP contribution is -2.35. The van der Waals surface area contributed by atoms with Crippen molar-refractivity contribution < 1.29 is 24.1 Å². The molecule has 0 heterocycles. The quantitative estimate of drug-likeness (QED) is 0.534. The minimum absolute atomic E-state index is 0.0130. The highest BCUT2D eigenvalue weighted by Gasteiger charge is 2.11. The molecule has 0 fully saturated rings. The Morgan fingerprint density at radius 2 is 1.82 bits per heavy atom. The number of benzene rings is 2. The van der Waals surface area contributed by atoms with Crippen LogP contribution in [-0.4, -0.2) is 44.0 Å². The summed E-state index contributed by atoms with van der Waals surface area (Å²) >= 11 is 11.9. The molecule has 1 amide bonds. The first kappa shape index (κ1) is 22.1. The Labute approximate surface area is 174 Å². The normalized spacial score (nSPS) is 11.6. The fourth-order valence-corrected chi connectivity index (χ4v) is 2.60. The first-order valence-corrected chi connectivity index (χ1v) is 9.53. The lowest BCUT2D eigenvalue weighted by Gasteiger charge is -2.14. The van der Waals surface area contributed by atoms with Gasteiger partial charge in [0.15, 0.2) is 0 Å². The first-order valence-electron chi connectivity index (χ1n) is 8.78. The molecule has 0 aromatic heterocycles. The van der Waals surface area contributed by atoms with Crippen molar-refractivity contribution in [3.05, 3.63) is 52.5 Å². The molecule has 0 aliphatic rings. The van der Waals surface area contributed by atoms with Gasteiger partial charge in [0.1, 0.15) is 35.0 Å². The van der Waals surface area contributed by atoms with Crippen LogP contribution in [0.15, 0.2) is 42.5 Å². The maximum atomic E-state index is 11.8. The van der Waals surface area contributed by atoms with Crippen LogP contribution in [0.5, 0.6) is 17.2 Å². The number of amides is 1. The standard InChI is InChI=1S/C20H23Cl2NO5/c1-26-15-7-9-16(10-8-15)27-11-3-6-19(25)23-12-14(24)13-28-18-5-2-4-17(21)20(18)22/h2,4-5,7-10,14,24H,3,6,11-13H2,1H3,(H,23,25). The summed E-state index contributed by atoms with van der Waals surface area (Å²) in [5, 5.41) is 13.3. The van der Waals surface area contributed by atoms with Crippen LogP contribution in [0.1, 0.15) is 12.8 Å². The molecular weight excluding hydrogens is 405 g/mol. The molecule has 6 nitrogen and oxygen atoms in total. The predicted octanol–water partition coefficient (Wildman–Crippen LogP) is 3.72. The summed E-state index contributed by atoms with van der Waals surface area (Å²) in [7, 11) is 1.60. The van der Waals surface area contributed by atoms with E-state index in [4.69, 9.17) is 37.4 Å². The summed E-state index contributed by atoms with van der Waals surface area (Å²) in [6.07, 6.45) is -0.0126. The molecule has 0 saturated heterocycles. The van der Waals surface area contributed by atoms with E-state index in [0.29, 0.717) is 36.0 Å². The Bertz CT molecular complexity index is 755. The third-order valence-electron chi connectivity index (χ3n) is 3.76. The van der Waals surface area contributed by atoms with E-state index in [1.54, 1.807) is 37.4 Å². The van der Waals surface area contributed by atoms with E-state index >= 15 is 0 Å². The zero-order valence-corrected chi connectivity index (χ0v) is 17.0. The molecule has 0 radical (unpaired) electrons. The smallest absolute Gasteiger partial charge is 0.220 e. The van der Waals surface area contributed by atoms with Gasteiger partial charge in [-0.05, 0) is 42.8 Å². The molecule has 0 spiro atoms. The zero-order chi connectivity index (χ0) is 20.4. The van der Waals surface area contributed by atoms with Crippen LogP contribution in [0.2, 0.25) is 10.0 Å². The minimum atomic E-state index is -0.866. The Morgan fingerprint density at radius 1 is 1.11 bits per heavy atom. The third kappa shape index (κ3) is 7.46. The van der Waals surface area contributed by atoms with Gasteiger partial charge in [-0.15, -0.1) is 0 Å². The second kappa shape index (κ2) is 11.6. The highest BCUT2D eigenvalue weighted by Crippen LogP contribution is 2.31. The predicted molar refractivity (Wildman–Crippen MR) is 109 cm³/mol.